The molecule has 0 bridgehead atoms. The standard InChI is InChI=1S/C13H16BrI2NO3/c14-3-1-2-4-20-12-9(15)5-8(6-10(12)16)7-11(17)13(18)19/h5-6,11H,1-4,7,17H2,(H,18,19). The zero-order valence-corrected chi connectivity index (χ0v) is 16.6. The van der Waals surface area contributed by atoms with Gasteiger partial charge in [0.25, 0.3) is 0 Å². The molecule has 0 heterocycles. The van der Waals surface area contributed by atoms with E-state index in [9.17, 15) is 4.79 Å². The van der Waals surface area contributed by atoms with Crippen molar-refractivity contribution >= 4 is 67.1 Å². The van der Waals surface area contributed by atoms with Crippen LogP contribution in [0.25, 0.3) is 0 Å². The number of hydrogen-bond donors (Lipinski definition) is 2. The highest BCUT2D eigenvalue weighted by molar-refractivity contribution is 14.1. The summed E-state index contributed by atoms with van der Waals surface area (Å²) in [4.78, 5) is 10.8. The lowest BCUT2D eigenvalue weighted by atomic mass is 10.1. The Morgan fingerprint density at radius 3 is 2.45 bits per heavy atom. The van der Waals surface area contributed by atoms with Crippen molar-refractivity contribution in [3.8, 4) is 5.75 Å². The van der Waals surface area contributed by atoms with Gasteiger partial charge in [-0.25, -0.2) is 0 Å². The van der Waals surface area contributed by atoms with Gasteiger partial charge in [0.2, 0.25) is 0 Å². The van der Waals surface area contributed by atoms with Crippen LogP contribution in [0.2, 0.25) is 0 Å². The molecule has 0 fully saturated rings. The minimum absolute atomic E-state index is 0.325. The topological polar surface area (TPSA) is 72.5 Å². The summed E-state index contributed by atoms with van der Waals surface area (Å²) in [6.07, 6.45) is 2.41. The molecule has 112 valence electrons. The van der Waals surface area contributed by atoms with Gasteiger partial charge in [-0.15, -0.1) is 0 Å². The molecule has 0 aliphatic heterocycles. The van der Waals surface area contributed by atoms with Gasteiger partial charge in [-0.2, -0.15) is 0 Å². The van der Waals surface area contributed by atoms with E-state index in [1.54, 1.807) is 0 Å². The molecule has 1 aromatic rings. The fourth-order valence-electron chi connectivity index (χ4n) is 1.58. The van der Waals surface area contributed by atoms with Crippen molar-refractivity contribution in [3.05, 3.63) is 24.8 Å². The fourth-order valence-corrected chi connectivity index (χ4v) is 4.19. The Morgan fingerprint density at radius 2 is 1.95 bits per heavy atom. The predicted molar refractivity (Wildman–Crippen MR) is 99.7 cm³/mol. The smallest absolute Gasteiger partial charge is 0.320 e. The molecule has 1 unspecified atom stereocenters. The van der Waals surface area contributed by atoms with E-state index in [1.165, 1.54) is 0 Å². The van der Waals surface area contributed by atoms with Crippen LogP contribution in [0.15, 0.2) is 12.1 Å². The molecule has 7 heteroatoms. The normalized spacial score (nSPS) is 12.2. The third-order valence-corrected chi connectivity index (χ3v) is 4.77. The average molecular weight is 568 g/mol. The Morgan fingerprint density at radius 1 is 1.35 bits per heavy atom. The molecule has 4 nitrogen and oxygen atoms in total. The minimum atomic E-state index is -0.981. The highest BCUT2D eigenvalue weighted by Crippen LogP contribution is 2.29. The quantitative estimate of drug-likeness (QED) is 0.287. The SMILES string of the molecule is NC(Cc1cc(I)c(OCCCCBr)c(I)c1)C(=O)O. The maximum Gasteiger partial charge on any atom is 0.320 e. The van der Waals surface area contributed by atoms with Crippen LogP contribution in [-0.4, -0.2) is 29.1 Å². The van der Waals surface area contributed by atoms with Gasteiger partial charge < -0.3 is 15.6 Å². The van der Waals surface area contributed by atoms with Crippen LogP contribution in [0.3, 0.4) is 0 Å². The second kappa shape index (κ2) is 9.42. The lowest BCUT2D eigenvalue weighted by molar-refractivity contribution is -0.138. The van der Waals surface area contributed by atoms with Gasteiger partial charge in [0.1, 0.15) is 11.8 Å². The third kappa shape index (κ3) is 6.02. The number of nitrogens with two attached hydrogens (primary N) is 1. The number of unbranched alkanes of at least 4 members (excludes halogenated alkanes) is 1. The molecular formula is C13H16BrI2NO3. The zero-order valence-electron chi connectivity index (χ0n) is 10.7. The number of rotatable bonds is 8. The highest BCUT2D eigenvalue weighted by Gasteiger charge is 2.15. The molecule has 0 saturated heterocycles. The van der Waals surface area contributed by atoms with Crippen LogP contribution in [0.5, 0.6) is 5.75 Å². The molecule has 1 rings (SSSR count). The maximum atomic E-state index is 10.8. The van der Waals surface area contributed by atoms with Gasteiger partial charge >= 0.3 is 5.97 Å². The molecule has 0 aliphatic carbocycles. The van der Waals surface area contributed by atoms with E-state index < -0.39 is 12.0 Å². The Labute approximate surface area is 154 Å². The monoisotopic (exact) mass is 567 g/mol. The van der Waals surface area contributed by atoms with Crippen molar-refractivity contribution in [2.45, 2.75) is 25.3 Å². The Hall–Kier alpha value is 0.390. The van der Waals surface area contributed by atoms with E-state index in [0.29, 0.717) is 13.0 Å². The van der Waals surface area contributed by atoms with Gasteiger partial charge in [0.05, 0.1) is 13.7 Å². The van der Waals surface area contributed by atoms with Gasteiger partial charge in [-0.1, -0.05) is 15.9 Å². The summed E-state index contributed by atoms with van der Waals surface area (Å²) in [5.41, 5.74) is 6.48. The highest BCUT2D eigenvalue weighted by atomic mass is 127. The summed E-state index contributed by atoms with van der Waals surface area (Å²) in [6.45, 7) is 0.686. The van der Waals surface area contributed by atoms with Crippen LogP contribution >= 0.6 is 61.1 Å². The molecule has 0 aliphatic rings. The number of alkyl halides is 1. The molecule has 0 amide bonds. The number of hydrogen-bond acceptors (Lipinski definition) is 3. The van der Waals surface area contributed by atoms with E-state index in [1.807, 2.05) is 12.1 Å². The van der Waals surface area contributed by atoms with Crippen molar-refractivity contribution in [1.82, 2.24) is 0 Å². The van der Waals surface area contributed by atoms with Crippen LogP contribution in [-0.2, 0) is 11.2 Å². The molecule has 0 radical (unpaired) electrons. The molecule has 3 N–H and O–H groups in total. The van der Waals surface area contributed by atoms with Crippen molar-refractivity contribution in [1.29, 1.82) is 0 Å². The maximum absolute atomic E-state index is 10.8. The molecule has 1 aromatic carbocycles. The third-order valence-electron chi connectivity index (χ3n) is 2.61. The summed E-state index contributed by atoms with van der Waals surface area (Å²) in [7, 11) is 0. The first-order valence-corrected chi connectivity index (χ1v) is 9.38. The second-order valence-corrected chi connectivity index (χ2v) is 7.40. The number of carbonyl (C=O) groups is 1. The lowest BCUT2D eigenvalue weighted by Gasteiger charge is -2.13. The number of benzene rings is 1. The Bertz CT molecular complexity index is 448. The van der Waals surface area contributed by atoms with Crippen LogP contribution < -0.4 is 10.5 Å². The molecule has 1 atom stereocenters. The first-order valence-electron chi connectivity index (χ1n) is 6.10. The van der Waals surface area contributed by atoms with Crippen LogP contribution in [0, 0.1) is 7.14 Å². The van der Waals surface area contributed by atoms with E-state index in [0.717, 1.165) is 36.6 Å². The van der Waals surface area contributed by atoms with E-state index >= 15 is 0 Å². The summed E-state index contributed by atoms with van der Waals surface area (Å²) in [5.74, 6) is -0.112. The largest absolute Gasteiger partial charge is 0.491 e. The number of carboxylic acids is 1. The first kappa shape index (κ1) is 18.4. The summed E-state index contributed by atoms with van der Waals surface area (Å²) in [5, 5.41) is 9.83. The van der Waals surface area contributed by atoms with E-state index in [4.69, 9.17) is 15.6 Å². The van der Waals surface area contributed by atoms with Crippen molar-refractivity contribution < 1.29 is 14.6 Å². The fraction of sp³-hybridized carbons (Fsp3) is 0.462. The van der Waals surface area contributed by atoms with Crippen molar-refractivity contribution in [2.24, 2.45) is 5.73 Å². The van der Waals surface area contributed by atoms with Gasteiger partial charge in [-0.3, -0.25) is 4.79 Å². The summed E-state index contributed by atoms with van der Waals surface area (Å²) >= 11 is 7.81. The Balaban J connectivity index is 2.73. The van der Waals surface area contributed by atoms with Gasteiger partial charge in [0.15, 0.2) is 0 Å². The molecule has 0 spiro atoms. The molecular weight excluding hydrogens is 552 g/mol. The zero-order chi connectivity index (χ0) is 15.1. The van der Waals surface area contributed by atoms with Crippen molar-refractivity contribution in [2.75, 3.05) is 11.9 Å². The number of carboxylic acid groups (broad SMARTS) is 1. The van der Waals surface area contributed by atoms with Crippen LogP contribution in [0.4, 0.5) is 0 Å². The Kier molecular flexibility index (Phi) is 8.68. The lowest BCUT2D eigenvalue weighted by Crippen LogP contribution is -2.32. The first-order chi connectivity index (χ1) is 9.45. The molecule has 0 aromatic heterocycles. The average Bonchev–Trinajstić information content (AvgIpc) is 2.36. The summed E-state index contributed by atoms with van der Waals surface area (Å²) in [6, 6.07) is 3.00. The minimum Gasteiger partial charge on any atom is -0.491 e. The van der Waals surface area contributed by atoms with E-state index in [2.05, 4.69) is 61.1 Å². The summed E-state index contributed by atoms with van der Waals surface area (Å²) < 4.78 is 7.77. The molecule has 0 saturated carbocycles. The second-order valence-electron chi connectivity index (χ2n) is 4.28. The predicted octanol–water partition coefficient (Wildman–Crippen LogP) is 3.40. The number of aliphatic carboxylic acids is 1. The van der Waals surface area contributed by atoms with Gasteiger partial charge in [-0.05, 0) is 82.1 Å². The van der Waals surface area contributed by atoms with Crippen molar-refractivity contribution in [3.63, 3.8) is 0 Å². The van der Waals surface area contributed by atoms with Gasteiger partial charge in [0, 0.05) is 5.33 Å². The van der Waals surface area contributed by atoms with Crippen LogP contribution in [0.1, 0.15) is 18.4 Å². The molecule has 20 heavy (non-hydrogen) atoms. The van der Waals surface area contributed by atoms with E-state index in [-0.39, 0.29) is 0 Å². The number of ether oxygens (including phenoxy) is 1. The number of halogens is 3.